The van der Waals surface area contributed by atoms with E-state index in [1.807, 2.05) is 0 Å². The number of aromatic amines is 1. The summed E-state index contributed by atoms with van der Waals surface area (Å²) in [7, 11) is 0. The van der Waals surface area contributed by atoms with E-state index in [1.165, 1.54) is 23.9 Å². The number of H-pyrrole nitrogens is 1. The number of nitrogens with one attached hydrogen (secondary N) is 2. The standard InChI is InChI=1S/C14H11F2N3O2S/c1-22-14-18-12-10(13(21)19-14)7(5-9(20)17-12)6-3-2-4-8(15)11(6)16/h2-4,7H,5H2,1H3,(H2,17,18,19,20,21)/t7-/m1/s1. The van der Waals surface area contributed by atoms with Gasteiger partial charge in [0.25, 0.3) is 5.56 Å². The molecule has 114 valence electrons. The van der Waals surface area contributed by atoms with Gasteiger partial charge in [0.1, 0.15) is 5.82 Å². The van der Waals surface area contributed by atoms with Gasteiger partial charge in [0, 0.05) is 12.3 Å². The minimum atomic E-state index is -1.05. The summed E-state index contributed by atoms with van der Waals surface area (Å²) in [5.41, 5.74) is -0.356. The lowest BCUT2D eigenvalue weighted by Crippen LogP contribution is -2.31. The lowest BCUT2D eigenvalue weighted by atomic mass is 9.86. The van der Waals surface area contributed by atoms with Crippen LogP contribution >= 0.6 is 11.8 Å². The predicted octanol–water partition coefficient (Wildman–Crippen LogP) is 2.24. The van der Waals surface area contributed by atoms with Gasteiger partial charge in [-0.2, -0.15) is 0 Å². The van der Waals surface area contributed by atoms with E-state index in [9.17, 15) is 18.4 Å². The van der Waals surface area contributed by atoms with Crippen LogP contribution in [0.1, 0.15) is 23.5 Å². The van der Waals surface area contributed by atoms with Crippen LogP contribution in [0.5, 0.6) is 0 Å². The molecule has 1 aliphatic heterocycles. The van der Waals surface area contributed by atoms with E-state index >= 15 is 0 Å². The first-order chi connectivity index (χ1) is 10.5. The first kappa shape index (κ1) is 14.7. The summed E-state index contributed by atoms with van der Waals surface area (Å²) >= 11 is 1.21. The third kappa shape index (κ3) is 2.39. The molecule has 1 amide bonds. The van der Waals surface area contributed by atoms with Gasteiger partial charge in [-0.25, -0.2) is 13.8 Å². The first-order valence-electron chi connectivity index (χ1n) is 6.43. The molecule has 0 fully saturated rings. The number of halogens is 2. The minimum absolute atomic E-state index is 0.0275. The lowest BCUT2D eigenvalue weighted by Gasteiger charge is -2.24. The molecule has 1 aromatic heterocycles. The van der Waals surface area contributed by atoms with Gasteiger partial charge in [-0.1, -0.05) is 23.9 Å². The largest absolute Gasteiger partial charge is 0.310 e. The summed E-state index contributed by atoms with van der Waals surface area (Å²) < 4.78 is 27.5. The second kappa shape index (κ2) is 5.53. The molecule has 3 rings (SSSR count). The number of carbonyl (C=O) groups is 1. The third-order valence-electron chi connectivity index (χ3n) is 3.48. The molecular formula is C14H11F2N3O2S. The number of amides is 1. The van der Waals surface area contributed by atoms with Crippen LogP contribution in [0.15, 0.2) is 28.2 Å². The van der Waals surface area contributed by atoms with Crippen LogP contribution in [0.25, 0.3) is 0 Å². The van der Waals surface area contributed by atoms with Crippen molar-refractivity contribution in [3.63, 3.8) is 0 Å². The summed E-state index contributed by atoms with van der Waals surface area (Å²) in [4.78, 5) is 30.8. The van der Waals surface area contributed by atoms with Crippen LogP contribution in [0.2, 0.25) is 0 Å². The minimum Gasteiger partial charge on any atom is -0.310 e. The highest BCUT2D eigenvalue weighted by Crippen LogP contribution is 2.35. The second-order valence-corrected chi connectivity index (χ2v) is 5.58. The van der Waals surface area contributed by atoms with Gasteiger partial charge in [0.15, 0.2) is 16.8 Å². The average molecular weight is 323 g/mol. The number of nitrogens with zero attached hydrogens (tertiary/aromatic N) is 1. The van der Waals surface area contributed by atoms with Crippen molar-refractivity contribution in [2.24, 2.45) is 0 Å². The van der Waals surface area contributed by atoms with E-state index in [0.717, 1.165) is 6.07 Å². The van der Waals surface area contributed by atoms with Gasteiger partial charge in [0.05, 0.1) is 5.56 Å². The highest BCUT2D eigenvalue weighted by Gasteiger charge is 2.33. The normalized spacial score (nSPS) is 17.0. The highest BCUT2D eigenvalue weighted by atomic mass is 32.2. The fourth-order valence-corrected chi connectivity index (χ4v) is 2.88. The molecule has 0 spiro atoms. The molecule has 0 unspecified atom stereocenters. The molecular weight excluding hydrogens is 312 g/mol. The summed E-state index contributed by atoms with van der Waals surface area (Å²) in [6.45, 7) is 0. The Labute approximate surface area is 128 Å². The monoisotopic (exact) mass is 323 g/mol. The maximum atomic E-state index is 14.0. The number of hydrogen-bond acceptors (Lipinski definition) is 4. The fraction of sp³-hybridized carbons (Fsp3) is 0.214. The number of carbonyl (C=O) groups excluding carboxylic acids is 1. The van der Waals surface area contributed by atoms with Crippen molar-refractivity contribution >= 4 is 23.5 Å². The van der Waals surface area contributed by atoms with E-state index in [4.69, 9.17) is 0 Å². The first-order valence-corrected chi connectivity index (χ1v) is 7.65. The van der Waals surface area contributed by atoms with Crippen LogP contribution in [-0.4, -0.2) is 22.1 Å². The SMILES string of the molecule is CSc1nc2c(c(=O)[nH]1)[C@@H](c1cccc(F)c1F)CC(=O)N2. The summed E-state index contributed by atoms with van der Waals surface area (Å²) in [6.07, 6.45) is 1.58. The molecule has 1 aliphatic rings. The molecule has 2 N–H and O–H groups in total. The van der Waals surface area contributed by atoms with Gasteiger partial charge < -0.3 is 10.3 Å². The number of anilines is 1. The summed E-state index contributed by atoms with van der Waals surface area (Å²) in [5, 5.41) is 2.85. The Morgan fingerprint density at radius 2 is 2.09 bits per heavy atom. The van der Waals surface area contributed by atoms with Crippen LogP contribution in [0, 0.1) is 11.6 Å². The van der Waals surface area contributed by atoms with E-state index in [2.05, 4.69) is 15.3 Å². The third-order valence-corrected chi connectivity index (χ3v) is 4.06. The Kier molecular flexibility index (Phi) is 3.69. The molecule has 0 radical (unpaired) electrons. The maximum Gasteiger partial charge on any atom is 0.257 e. The topological polar surface area (TPSA) is 74.8 Å². The Morgan fingerprint density at radius 1 is 1.32 bits per heavy atom. The number of benzene rings is 1. The molecule has 0 aliphatic carbocycles. The second-order valence-electron chi connectivity index (χ2n) is 4.79. The Balaban J connectivity index is 2.22. The highest BCUT2D eigenvalue weighted by molar-refractivity contribution is 7.98. The smallest absolute Gasteiger partial charge is 0.257 e. The van der Waals surface area contributed by atoms with E-state index in [0.29, 0.717) is 5.16 Å². The van der Waals surface area contributed by atoms with Gasteiger partial charge in [-0.15, -0.1) is 0 Å². The van der Waals surface area contributed by atoms with Crippen molar-refractivity contribution in [1.82, 2.24) is 9.97 Å². The van der Waals surface area contributed by atoms with Crippen LogP contribution < -0.4 is 10.9 Å². The van der Waals surface area contributed by atoms with Crippen molar-refractivity contribution in [3.05, 3.63) is 51.3 Å². The van der Waals surface area contributed by atoms with Gasteiger partial charge in [0.2, 0.25) is 5.91 Å². The number of fused-ring (bicyclic) bond motifs is 1. The molecule has 2 aromatic rings. The molecule has 5 nitrogen and oxygen atoms in total. The zero-order valence-electron chi connectivity index (χ0n) is 11.4. The fourth-order valence-electron chi connectivity index (χ4n) is 2.50. The zero-order valence-corrected chi connectivity index (χ0v) is 12.3. The van der Waals surface area contributed by atoms with Gasteiger partial charge >= 0.3 is 0 Å². The molecule has 0 saturated heterocycles. The van der Waals surface area contributed by atoms with E-state index in [1.54, 1.807) is 6.26 Å². The average Bonchev–Trinajstić information content (AvgIpc) is 2.48. The number of hydrogen-bond donors (Lipinski definition) is 2. The molecule has 22 heavy (non-hydrogen) atoms. The number of thioether (sulfide) groups is 1. The van der Waals surface area contributed by atoms with Crippen LogP contribution in [0.4, 0.5) is 14.6 Å². The Morgan fingerprint density at radius 3 is 2.82 bits per heavy atom. The van der Waals surface area contributed by atoms with Crippen molar-refractivity contribution < 1.29 is 13.6 Å². The quantitative estimate of drug-likeness (QED) is 0.656. The predicted molar refractivity (Wildman–Crippen MR) is 78.1 cm³/mol. The molecule has 0 saturated carbocycles. The summed E-state index contributed by atoms with van der Waals surface area (Å²) in [6, 6.07) is 3.70. The lowest BCUT2D eigenvalue weighted by molar-refractivity contribution is -0.116. The van der Waals surface area contributed by atoms with Crippen LogP contribution in [-0.2, 0) is 4.79 Å². The van der Waals surface area contributed by atoms with Gasteiger partial charge in [-0.05, 0) is 17.9 Å². The summed E-state index contributed by atoms with van der Waals surface area (Å²) in [5.74, 6) is -3.24. The molecule has 8 heteroatoms. The Bertz CT molecular complexity index is 822. The molecule has 0 bridgehead atoms. The number of aromatic nitrogens is 2. The van der Waals surface area contributed by atoms with Gasteiger partial charge in [-0.3, -0.25) is 9.59 Å². The molecule has 1 atom stereocenters. The Hall–Kier alpha value is -2.22. The molecule has 1 aromatic carbocycles. The van der Waals surface area contributed by atoms with E-state index in [-0.39, 0.29) is 23.4 Å². The maximum absolute atomic E-state index is 14.0. The van der Waals surface area contributed by atoms with E-state index < -0.39 is 29.0 Å². The van der Waals surface area contributed by atoms with Crippen LogP contribution in [0.3, 0.4) is 0 Å². The zero-order chi connectivity index (χ0) is 15.9. The van der Waals surface area contributed by atoms with Crippen molar-refractivity contribution in [1.29, 1.82) is 0 Å². The van der Waals surface area contributed by atoms with Crippen molar-refractivity contribution in [3.8, 4) is 0 Å². The number of rotatable bonds is 2. The van der Waals surface area contributed by atoms with Crippen molar-refractivity contribution in [2.75, 3.05) is 11.6 Å². The van der Waals surface area contributed by atoms with Crippen molar-refractivity contribution in [2.45, 2.75) is 17.5 Å². The molecule has 2 heterocycles.